The van der Waals surface area contributed by atoms with Crippen LogP contribution in [0.2, 0.25) is 0 Å². The molecule has 2 atom stereocenters. The predicted molar refractivity (Wildman–Crippen MR) is 69.3 cm³/mol. The van der Waals surface area contributed by atoms with Gasteiger partial charge in [-0.05, 0) is 31.6 Å². The molecule has 0 aromatic carbocycles. The fraction of sp³-hybridized carbons (Fsp3) is 0.857. The minimum Gasteiger partial charge on any atom is -0.339 e. The van der Waals surface area contributed by atoms with Crippen LogP contribution >= 0.6 is 0 Å². The SMILES string of the molecule is CC1CCCC(c2noc(C3(CN)CCC3)n2)C1. The Kier molecular flexibility index (Phi) is 3.14. The van der Waals surface area contributed by atoms with Crippen molar-refractivity contribution in [2.45, 2.75) is 63.2 Å². The van der Waals surface area contributed by atoms with E-state index < -0.39 is 0 Å². The van der Waals surface area contributed by atoms with Gasteiger partial charge in [-0.15, -0.1) is 0 Å². The van der Waals surface area contributed by atoms with Crippen LogP contribution in [0.25, 0.3) is 0 Å². The third-order valence-electron chi connectivity index (χ3n) is 4.90. The van der Waals surface area contributed by atoms with Crippen molar-refractivity contribution >= 4 is 0 Å². The Hall–Kier alpha value is -0.900. The summed E-state index contributed by atoms with van der Waals surface area (Å²) in [4.78, 5) is 4.68. The van der Waals surface area contributed by atoms with Crippen LogP contribution in [0.5, 0.6) is 0 Å². The van der Waals surface area contributed by atoms with Gasteiger partial charge in [0, 0.05) is 12.5 Å². The normalized spacial score (nSPS) is 31.0. The molecular weight excluding hydrogens is 226 g/mol. The first-order chi connectivity index (χ1) is 8.73. The molecule has 2 fully saturated rings. The summed E-state index contributed by atoms with van der Waals surface area (Å²) >= 11 is 0. The molecule has 100 valence electrons. The van der Waals surface area contributed by atoms with Gasteiger partial charge in [-0.1, -0.05) is 31.3 Å². The molecular formula is C14H23N3O. The van der Waals surface area contributed by atoms with Gasteiger partial charge in [0.2, 0.25) is 5.89 Å². The number of aromatic nitrogens is 2. The van der Waals surface area contributed by atoms with E-state index in [-0.39, 0.29) is 5.41 Å². The lowest BCUT2D eigenvalue weighted by atomic mass is 9.68. The van der Waals surface area contributed by atoms with E-state index in [0.717, 1.165) is 30.5 Å². The summed E-state index contributed by atoms with van der Waals surface area (Å²) in [6, 6.07) is 0. The van der Waals surface area contributed by atoms with E-state index in [9.17, 15) is 0 Å². The molecule has 3 rings (SSSR count). The van der Waals surface area contributed by atoms with Crippen molar-refractivity contribution in [3.05, 3.63) is 11.7 Å². The first-order valence-corrected chi connectivity index (χ1v) is 7.28. The van der Waals surface area contributed by atoms with Gasteiger partial charge < -0.3 is 10.3 Å². The molecule has 0 spiro atoms. The quantitative estimate of drug-likeness (QED) is 0.894. The van der Waals surface area contributed by atoms with Gasteiger partial charge in [-0.3, -0.25) is 0 Å². The van der Waals surface area contributed by atoms with Crippen LogP contribution in [0.4, 0.5) is 0 Å². The molecule has 0 amide bonds. The van der Waals surface area contributed by atoms with E-state index in [1.165, 1.54) is 32.1 Å². The largest absolute Gasteiger partial charge is 0.339 e. The Morgan fingerprint density at radius 3 is 2.78 bits per heavy atom. The molecule has 2 unspecified atom stereocenters. The topological polar surface area (TPSA) is 64.9 Å². The Labute approximate surface area is 108 Å². The molecule has 0 aliphatic heterocycles. The zero-order chi connectivity index (χ0) is 12.6. The van der Waals surface area contributed by atoms with Crippen molar-refractivity contribution < 1.29 is 4.52 Å². The summed E-state index contributed by atoms with van der Waals surface area (Å²) in [6.45, 7) is 2.95. The van der Waals surface area contributed by atoms with Crippen LogP contribution in [0, 0.1) is 5.92 Å². The van der Waals surface area contributed by atoms with E-state index in [1.54, 1.807) is 0 Å². The lowest BCUT2D eigenvalue weighted by Crippen LogP contribution is -2.41. The maximum Gasteiger partial charge on any atom is 0.234 e. The second-order valence-corrected chi connectivity index (χ2v) is 6.26. The summed E-state index contributed by atoms with van der Waals surface area (Å²) in [7, 11) is 0. The van der Waals surface area contributed by atoms with E-state index in [2.05, 4.69) is 17.1 Å². The standard InChI is InChI=1S/C14H23N3O/c1-10-4-2-5-11(8-10)12-16-13(18-17-12)14(9-15)6-3-7-14/h10-11H,2-9,15H2,1H3. The lowest BCUT2D eigenvalue weighted by Gasteiger charge is -2.37. The number of hydrogen-bond donors (Lipinski definition) is 1. The average Bonchev–Trinajstić information content (AvgIpc) is 2.78. The number of nitrogens with zero attached hydrogens (tertiary/aromatic N) is 2. The first kappa shape index (κ1) is 12.2. The number of nitrogens with two attached hydrogens (primary N) is 1. The average molecular weight is 249 g/mol. The summed E-state index contributed by atoms with van der Waals surface area (Å²) in [5, 5.41) is 4.23. The molecule has 0 saturated heterocycles. The van der Waals surface area contributed by atoms with E-state index in [0.29, 0.717) is 12.5 Å². The van der Waals surface area contributed by atoms with E-state index in [4.69, 9.17) is 10.3 Å². The predicted octanol–water partition coefficient (Wildman–Crippen LogP) is 2.74. The van der Waals surface area contributed by atoms with Crippen LogP contribution in [-0.4, -0.2) is 16.7 Å². The van der Waals surface area contributed by atoms with Gasteiger partial charge in [0.15, 0.2) is 5.82 Å². The van der Waals surface area contributed by atoms with Crippen molar-refractivity contribution in [3.63, 3.8) is 0 Å². The van der Waals surface area contributed by atoms with Crippen molar-refractivity contribution in [2.75, 3.05) is 6.54 Å². The Morgan fingerprint density at radius 2 is 2.17 bits per heavy atom. The second kappa shape index (κ2) is 4.65. The molecule has 2 aliphatic carbocycles. The molecule has 4 heteroatoms. The summed E-state index contributed by atoms with van der Waals surface area (Å²) in [6.07, 6.45) is 8.48. The highest BCUT2D eigenvalue weighted by Gasteiger charge is 2.43. The molecule has 18 heavy (non-hydrogen) atoms. The minimum atomic E-state index is 0.00549. The maximum atomic E-state index is 5.88. The zero-order valence-electron chi connectivity index (χ0n) is 11.2. The van der Waals surface area contributed by atoms with Crippen LogP contribution in [0.1, 0.15) is 69.5 Å². The first-order valence-electron chi connectivity index (χ1n) is 7.28. The van der Waals surface area contributed by atoms with Crippen LogP contribution in [0.3, 0.4) is 0 Å². The van der Waals surface area contributed by atoms with Crippen LogP contribution in [0.15, 0.2) is 4.52 Å². The summed E-state index contributed by atoms with van der Waals surface area (Å²) in [5.74, 6) is 3.01. The maximum absolute atomic E-state index is 5.88. The zero-order valence-corrected chi connectivity index (χ0v) is 11.2. The molecule has 2 saturated carbocycles. The van der Waals surface area contributed by atoms with Crippen molar-refractivity contribution in [1.82, 2.24) is 10.1 Å². The van der Waals surface area contributed by atoms with E-state index in [1.807, 2.05) is 0 Å². The molecule has 4 nitrogen and oxygen atoms in total. The highest BCUT2D eigenvalue weighted by Crippen LogP contribution is 2.43. The monoisotopic (exact) mass is 249 g/mol. The second-order valence-electron chi connectivity index (χ2n) is 6.26. The number of rotatable bonds is 3. The Balaban J connectivity index is 1.76. The summed E-state index contributed by atoms with van der Waals surface area (Å²) in [5.41, 5.74) is 5.89. The Bertz CT molecular complexity index is 405. The van der Waals surface area contributed by atoms with Crippen molar-refractivity contribution in [2.24, 2.45) is 11.7 Å². The molecule has 2 aliphatic rings. The molecule has 1 aromatic rings. The fourth-order valence-corrected chi connectivity index (χ4v) is 3.39. The van der Waals surface area contributed by atoms with Gasteiger partial charge in [0.05, 0.1) is 5.41 Å². The minimum absolute atomic E-state index is 0.00549. The van der Waals surface area contributed by atoms with Gasteiger partial charge in [-0.2, -0.15) is 4.98 Å². The Morgan fingerprint density at radius 1 is 1.33 bits per heavy atom. The molecule has 1 aromatic heterocycles. The van der Waals surface area contributed by atoms with Gasteiger partial charge >= 0.3 is 0 Å². The smallest absolute Gasteiger partial charge is 0.234 e. The van der Waals surface area contributed by atoms with Gasteiger partial charge in [-0.25, -0.2) is 0 Å². The third kappa shape index (κ3) is 1.96. The third-order valence-corrected chi connectivity index (χ3v) is 4.90. The van der Waals surface area contributed by atoms with E-state index >= 15 is 0 Å². The number of hydrogen-bond acceptors (Lipinski definition) is 4. The van der Waals surface area contributed by atoms with Crippen molar-refractivity contribution in [3.8, 4) is 0 Å². The van der Waals surface area contributed by atoms with Gasteiger partial charge in [0.1, 0.15) is 0 Å². The van der Waals surface area contributed by atoms with Crippen molar-refractivity contribution in [1.29, 1.82) is 0 Å². The highest BCUT2D eigenvalue weighted by molar-refractivity contribution is 5.12. The molecule has 0 radical (unpaired) electrons. The molecule has 0 bridgehead atoms. The lowest BCUT2D eigenvalue weighted by molar-refractivity contribution is 0.181. The van der Waals surface area contributed by atoms with Gasteiger partial charge in [0.25, 0.3) is 0 Å². The highest BCUT2D eigenvalue weighted by atomic mass is 16.5. The fourth-order valence-electron chi connectivity index (χ4n) is 3.39. The molecule has 1 heterocycles. The van der Waals surface area contributed by atoms with Crippen LogP contribution < -0.4 is 5.73 Å². The molecule has 2 N–H and O–H groups in total. The summed E-state index contributed by atoms with van der Waals surface area (Å²) < 4.78 is 5.51. The van der Waals surface area contributed by atoms with Crippen LogP contribution in [-0.2, 0) is 5.41 Å².